The molecule has 1 N–H and O–H groups in total. The molecule has 0 saturated heterocycles. The van der Waals surface area contributed by atoms with Gasteiger partial charge in [-0.3, -0.25) is 4.79 Å². The van der Waals surface area contributed by atoms with Crippen molar-refractivity contribution in [2.45, 2.75) is 52.4 Å². The molecule has 0 aliphatic carbocycles. The summed E-state index contributed by atoms with van der Waals surface area (Å²) in [4.78, 5) is 14.9. The first kappa shape index (κ1) is 13.9. The lowest BCUT2D eigenvalue weighted by Crippen LogP contribution is -2.13. The van der Waals surface area contributed by atoms with Crippen LogP contribution in [-0.2, 0) is 5.41 Å². The lowest BCUT2D eigenvalue weighted by atomic mass is 9.89. The third-order valence-electron chi connectivity index (χ3n) is 3.91. The van der Waals surface area contributed by atoms with Crippen molar-refractivity contribution in [2.75, 3.05) is 0 Å². The van der Waals surface area contributed by atoms with Gasteiger partial charge in [0, 0.05) is 27.6 Å². The Morgan fingerprint density at radius 3 is 2.53 bits per heavy atom. The van der Waals surface area contributed by atoms with Crippen LogP contribution in [0.1, 0.15) is 68.6 Å². The van der Waals surface area contributed by atoms with Gasteiger partial charge in [-0.15, -0.1) is 0 Å². The smallest absolute Gasteiger partial charge is 0.152 e. The number of aromatic nitrogens is 1. The zero-order valence-corrected chi connectivity index (χ0v) is 12.5. The summed E-state index contributed by atoms with van der Waals surface area (Å²) in [6, 6.07) is 6.42. The second-order valence-electron chi connectivity index (χ2n) is 6.40. The number of carbonyl (C=O) groups excluding carboxylic acids is 1. The van der Waals surface area contributed by atoms with Crippen molar-refractivity contribution in [3.63, 3.8) is 0 Å². The van der Waals surface area contributed by atoms with E-state index in [2.05, 4.69) is 57.8 Å². The Kier molecular flexibility index (Phi) is 3.53. The molecule has 1 aromatic heterocycles. The third-order valence-corrected chi connectivity index (χ3v) is 3.91. The van der Waals surface area contributed by atoms with Gasteiger partial charge < -0.3 is 4.98 Å². The summed E-state index contributed by atoms with van der Waals surface area (Å²) in [6.07, 6.45) is 2.10. The maximum atomic E-state index is 11.5. The molecule has 1 atom stereocenters. The van der Waals surface area contributed by atoms with E-state index in [4.69, 9.17) is 0 Å². The molecular weight excluding hydrogens is 234 g/mol. The fourth-order valence-corrected chi connectivity index (χ4v) is 2.49. The van der Waals surface area contributed by atoms with Crippen molar-refractivity contribution >= 4 is 17.2 Å². The van der Waals surface area contributed by atoms with E-state index >= 15 is 0 Å². The Bertz CT molecular complexity index is 601. The standard InChI is InChI=1S/C17H23NO/c1-6-11(2)12-7-8-15-13(9-12)14(10-19)16(18-15)17(3,4)5/h7-11,18H,6H2,1-5H3. The molecule has 2 aromatic rings. The summed E-state index contributed by atoms with van der Waals surface area (Å²) in [5.41, 5.74) is 4.15. The van der Waals surface area contributed by atoms with Crippen molar-refractivity contribution < 1.29 is 4.79 Å². The van der Waals surface area contributed by atoms with Gasteiger partial charge >= 0.3 is 0 Å². The number of H-pyrrole nitrogens is 1. The van der Waals surface area contributed by atoms with Crippen LogP contribution in [0.3, 0.4) is 0 Å². The zero-order chi connectivity index (χ0) is 14.2. The van der Waals surface area contributed by atoms with Gasteiger partial charge in [0.1, 0.15) is 0 Å². The second kappa shape index (κ2) is 4.84. The quantitative estimate of drug-likeness (QED) is 0.788. The predicted octanol–water partition coefficient (Wildman–Crippen LogP) is 4.79. The van der Waals surface area contributed by atoms with Crippen molar-refractivity contribution in [3.05, 3.63) is 35.0 Å². The molecule has 0 aliphatic heterocycles. The van der Waals surface area contributed by atoms with Crippen molar-refractivity contribution in [2.24, 2.45) is 0 Å². The molecule has 2 heteroatoms. The molecule has 2 nitrogen and oxygen atoms in total. The van der Waals surface area contributed by atoms with Crippen molar-refractivity contribution in [1.29, 1.82) is 0 Å². The average molecular weight is 257 g/mol. The maximum Gasteiger partial charge on any atom is 0.152 e. The van der Waals surface area contributed by atoms with Crippen molar-refractivity contribution in [3.8, 4) is 0 Å². The lowest BCUT2D eigenvalue weighted by Gasteiger charge is -2.17. The van der Waals surface area contributed by atoms with Crippen LogP contribution >= 0.6 is 0 Å². The zero-order valence-electron chi connectivity index (χ0n) is 12.5. The van der Waals surface area contributed by atoms with E-state index in [0.29, 0.717) is 5.92 Å². The topological polar surface area (TPSA) is 32.9 Å². The first-order valence-electron chi connectivity index (χ1n) is 6.99. The molecule has 1 heterocycles. The van der Waals surface area contributed by atoms with E-state index in [1.165, 1.54) is 5.56 Å². The normalized spacial score (nSPS) is 13.7. The summed E-state index contributed by atoms with van der Waals surface area (Å²) in [7, 11) is 0. The molecule has 0 saturated carbocycles. The third kappa shape index (κ3) is 2.44. The summed E-state index contributed by atoms with van der Waals surface area (Å²) >= 11 is 0. The molecule has 102 valence electrons. The molecule has 1 unspecified atom stereocenters. The predicted molar refractivity (Wildman–Crippen MR) is 81.1 cm³/mol. The Hall–Kier alpha value is -1.57. The summed E-state index contributed by atoms with van der Waals surface area (Å²) in [5, 5.41) is 1.05. The van der Waals surface area contributed by atoms with Gasteiger partial charge in [0.25, 0.3) is 0 Å². The van der Waals surface area contributed by atoms with Crippen LogP contribution in [0.4, 0.5) is 0 Å². The number of aromatic amines is 1. The van der Waals surface area contributed by atoms with E-state index < -0.39 is 0 Å². The highest BCUT2D eigenvalue weighted by molar-refractivity contribution is 5.99. The maximum absolute atomic E-state index is 11.5. The molecule has 0 radical (unpaired) electrons. The van der Waals surface area contributed by atoms with Crippen LogP contribution < -0.4 is 0 Å². The average Bonchev–Trinajstić information content (AvgIpc) is 2.75. The van der Waals surface area contributed by atoms with Crippen LogP contribution in [0.2, 0.25) is 0 Å². The number of hydrogen-bond acceptors (Lipinski definition) is 1. The van der Waals surface area contributed by atoms with E-state index in [1.807, 2.05) is 0 Å². The summed E-state index contributed by atoms with van der Waals surface area (Å²) < 4.78 is 0. The second-order valence-corrected chi connectivity index (χ2v) is 6.40. The van der Waals surface area contributed by atoms with Crippen molar-refractivity contribution in [1.82, 2.24) is 4.98 Å². The largest absolute Gasteiger partial charge is 0.357 e. The monoisotopic (exact) mass is 257 g/mol. The molecule has 1 aromatic carbocycles. The highest BCUT2D eigenvalue weighted by Gasteiger charge is 2.22. The fourth-order valence-electron chi connectivity index (χ4n) is 2.49. The number of carbonyl (C=O) groups is 1. The van der Waals surface area contributed by atoms with Gasteiger partial charge in [0.2, 0.25) is 0 Å². The van der Waals surface area contributed by atoms with Gasteiger partial charge in [0.05, 0.1) is 0 Å². The molecule has 0 bridgehead atoms. The minimum absolute atomic E-state index is 0.0498. The Labute approximate surface area is 115 Å². The van der Waals surface area contributed by atoms with Gasteiger partial charge in [-0.2, -0.15) is 0 Å². The minimum Gasteiger partial charge on any atom is -0.357 e. The van der Waals surface area contributed by atoms with Crippen LogP contribution in [0.15, 0.2) is 18.2 Å². The van der Waals surface area contributed by atoms with E-state index in [9.17, 15) is 4.79 Å². The van der Waals surface area contributed by atoms with Gasteiger partial charge in [-0.05, 0) is 30.0 Å². The molecule has 0 fully saturated rings. The van der Waals surface area contributed by atoms with Crippen LogP contribution in [0, 0.1) is 0 Å². The Morgan fingerprint density at radius 2 is 2.00 bits per heavy atom. The molecule has 19 heavy (non-hydrogen) atoms. The minimum atomic E-state index is -0.0498. The number of hydrogen-bond donors (Lipinski definition) is 1. The Balaban J connectivity index is 2.68. The molecule has 0 amide bonds. The van der Waals surface area contributed by atoms with E-state index in [0.717, 1.165) is 34.9 Å². The lowest BCUT2D eigenvalue weighted by molar-refractivity contribution is 0.112. The first-order valence-corrected chi connectivity index (χ1v) is 6.99. The highest BCUT2D eigenvalue weighted by atomic mass is 16.1. The SMILES string of the molecule is CCC(C)c1ccc2[nH]c(C(C)(C)C)c(C=O)c2c1. The Morgan fingerprint density at radius 1 is 1.32 bits per heavy atom. The van der Waals surface area contributed by atoms with Crippen LogP contribution in [0.5, 0.6) is 0 Å². The number of rotatable bonds is 3. The molecular formula is C17H23NO. The number of benzene rings is 1. The molecule has 0 spiro atoms. The van der Waals surface area contributed by atoms with Gasteiger partial charge in [0.15, 0.2) is 6.29 Å². The fraction of sp³-hybridized carbons (Fsp3) is 0.471. The van der Waals surface area contributed by atoms with Gasteiger partial charge in [-0.25, -0.2) is 0 Å². The van der Waals surface area contributed by atoms with E-state index in [-0.39, 0.29) is 5.41 Å². The van der Waals surface area contributed by atoms with E-state index in [1.54, 1.807) is 0 Å². The summed E-state index contributed by atoms with van der Waals surface area (Å²) in [6.45, 7) is 10.8. The highest BCUT2D eigenvalue weighted by Crippen LogP contribution is 2.32. The molecule has 2 rings (SSSR count). The summed E-state index contributed by atoms with van der Waals surface area (Å²) in [5.74, 6) is 0.525. The van der Waals surface area contributed by atoms with Crippen LogP contribution in [-0.4, -0.2) is 11.3 Å². The van der Waals surface area contributed by atoms with Crippen LogP contribution in [0.25, 0.3) is 10.9 Å². The van der Waals surface area contributed by atoms with Gasteiger partial charge in [-0.1, -0.05) is 40.7 Å². The number of nitrogens with one attached hydrogen (secondary N) is 1. The molecule has 0 aliphatic rings. The number of fused-ring (bicyclic) bond motifs is 1. The number of aldehydes is 1. The first-order chi connectivity index (χ1) is 8.88.